The highest BCUT2D eigenvalue weighted by Crippen LogP contribution is 2.38. The van der Waals surface area contributed by atoms with Gasteiger partial charge >= 0.3 is 6.01 Å². The number of rotatable bonds is 8. The predicted molar refractivity (Wildman–Crippen MR) is 126 cm³/mol. The lowest BCUT2D eigenvalue weighted by molar-refractivity contribution is -0.117. The number of hydrogen-bond acceptors (Lipinski definition) is 9. The van der Waals surface area contributed by atoms with Gasteiger partial charge in [-0.3, -0.25) is 14.9 Å². The van der Waals surface area contributed by atoms with Crippen molar-refractivity contribution in [1.82, 2.24) is 10.2 Å². The fraction of sp³-hybridized carbons (Fsp3) is 0.304. The van der Waals surface area contributed by atoms with Crippen LogP contribution in [0.25, 0.3) is 0 Å². The Labute approximate surface area is 200 Å². The number of methoxy groups -OCH3 is 3. The number of nitrogens with one attached hydrogen (secondary N) is 1. The molecule has 1 aliphatic heterocycles. The standard InChI is InChI=1S/C23H24N4O6S/c1-30-17-9-13(10-18(31-2)20(17)32-3)21(29)24-23-26-25-22(33-23)14-11-19(28)27(12-14)15-5-7-16(34-4)8-6-15/h5-10,14H,11-12H2,1-4H3,(H,24,26,29)/t14-/m0/s1. The Morgan fingerprint density at radius 3 is 2.35 bits per heavy atom. The minimum absolute atomic E-state index is 0.0249. The molecule has 0 bridgehead atoms. The summed E-state index contributed by atoms with van der Waals surface area (Å²) in [6.45, 7) is 0.417. The van der Waals surface area contributed by atoms with Gasteiger partial charge in [0.25, 0.3) is 5.91 Å². The third kappa shape index (κ3) is 4.65. The van der Waals surface area contributed by atoms with Gasteiger partial charge in [-0.05, 0) is 42.7 Å². The summed E-state index contributed by atoms with van der Waals surface area (Å²) in [7, 11) is 4.41. The van der Waals surface area contributed by atoms with E-state index in [9.17, 15) is 9.59 Å². The van der Waals surface area contributed by atoms with E-state index in [1.165, 1.54) is 33.5 Å². The van der Waals surface area contributed by atoms with Crippen LogP contribution >= 0.6 is 11.8 Å². The van der Waals surface area contributed by atoms with E-state index < -0.39 is 5.91 Å². The summed E-state index contributed by atoms with van der Waals surface area (Å²) in [5.41, 5.74) is 1.07. The second kappa shape index (κ2) is 10.0. The summed E-state index contributed by atoms with van der Waals surface area (Å²) in [6.07, 6.45) is 2.24. The smallest absolute Gasteiger partial charge is 0.322 e. The van der Waals surface area contributed by atoms with Crippen LogP contribution in [0.2, 0.25) is 0 Å². The quantitative estimate of drug-likeness (QED) is 0.479. The lowest BCUT2D eigenvalue weighted by Gasteiger charge is -2.16. The zero-order valence-electron chi connectivity index (χ0n) is 19.2. The largest absolute Gasteiger partial charge is 0.493 e. The van der Waals surface area contributed by atoms with E-state index in [1.54, 1.807) is 16.7 Å². The molecule has 1 aliphatic rings. The Bertz CT molecular complexity index is 1170. The summed E-state index contributed by atoms with van der Waals surface area (Å²) < 4.78 is 21.5. The maximum Gasteiger partial charge on any atom is 0.322 e. The number of thioether (sulfide) groups is 1. The highest BCUT2D eigenvalue weighted by atomic mass is 32.2. The molecule has 0 aliphatic carbocycles. The van der Waals surface area contributed by atoms with E-state index in [-0.39, 0.29) is 35.7 Å². The fourth-order valence-corrected chi connectivity index (χ4v) is 4.12. The van der Waals surface area contributed by atoms with Crippen LogP contribution in [0, 0.1) is 0 Å². The molecule has 0 spiro atoms. The maximum atomic E-state index is 12.8. The second-order valence-corrected chi connectivity index (χ2v) is 8.30. The highest BCUT2D eigenvalue weighted by Gasteiger charge is 2.35. The molecule has 1 fully saturated rings. The number of anilines is 2. The number of nitrogens with zero attached hydrogens (tertiary/aromatic N) is 3. The molecule has 0 radical (unpaired) electrons. The van der Waals surface area contributed by atoms with E-state index in [4.69, 9.17) is 18.6 Å². The van der Waals surface area contributed by atoms with Gasteiger partial charge in [0.2, 0.25) is 17.5 Å². The third-order valence-corrected chi connectivity index (χ3v) is 6.19. The number of carbonyl (C=O) groups is 2. The van der Waals surface area contributed by atoms with Crippen LogP contribution in [0.15, 0.2) is 45.7 Å². The molecule has 2 amide bonds. The minimum atomic E-state index is -0.493. The molecule has 178 valence electrons. The first kappa shape index (κ1) is 23.4. The molecule has 3 aromatic rings. The Balaban J connectivity index is 1.46. The van der Waals surface area contributed by atoms with Crippen molar-refractivity contribution >= 4 is 35.3 Å². The molecule has 10 nitrogen and oxygen atoms in total. The van der Waals surface area contributed by atoms with Crippen LogP contribution in [-0.2, 0) is 4.79 Å². The SMILES string of the molecule is COc1cc(C(=O)Nc2nnc([C@H]3CC(=O)N(c4ccc(SC)cc4)C3)o2)cc(OC)c1OC. The average Bonchev–Trinajstić information content (AvgIpc) is 3.49. The zero-order chi connectivity index (χ0) is 24.2. The van der Waals surface area contributed by atoms with Gasteiger partial charge in [0, 0.05) is 29.1 Å². The first-order valence-electron chi connectivity index (χ1n) is 10.4. The summed E-state index contributed by atoms with van der Waals surface area (Å²) in [4.78, 5) is 28.2. The molecule has 11 heteroatoms. The van der Waals surface area contributed by atoms with Gasteiger partial charge in [-0.2, -0.15) is 0 Å². The van der Waals surface area contributed by atoms with Crippen LogP contribution in [-0.4, -0.2) is 56.1 Å². The third-order valence-electron chi connectivity index (χ3n) is 5.45. The van der Waals surface area contributed by atoms with Crippen LogP contribution in [0.5, 0.6) is 17.2 Å². The molecule has 2 aromatic carbocycles. The van der Waals surface area contributed by atoms with Crippen molar-refractivity contribution in [3.63, 3.8) is 0 Å². The van der Waals surface area contributed by atoms with E-state index in [0.717, 1.165) is 10.6 Å². The number of ether oxygens (including phenoxy) is 3. The second-order valence-electron chi connectivity index (χ2n) is 7.42. The molecular formula is C23H24N4O6S. The Morgan fingerprint density at radius 1 is 1.09 bits per heavy atom. The maximum absolute atomic E-state index is 12.8. The molecule has 0 unspecified atom stereocenters. The van der Waals surface area contributed by atoms with Crippen LogP contribution in [0.3, 0.4) is 0 Å². The molecule has 4 rings (SSSR count). The van der Waals surface area contributed by atoms with Crippen molar-refractivity contribution in [2.24, 2.45) is 0 Å². The van der Waals surface area contributed by atoms with Crippen LogP contribution in [0.1, 0.15) is 28.6 Å². The first-order chi connectivity index (χ1) is 16.5. The molecule has 2 heterocycles. The van der Waals surface area contributed by atoms with Gasteiger partial charge in [0.15, 0.2) is 11.5 Å². The van der Waals surface area contributed by atoms with Crippen molar-refractivity contribution in [2.45, 2.75) is 17.2 Å². The summed E-state index contributed by atoms with van der Waals surface area (Å²) >= 11 is 1.64. The van der Waals surface area contributed by atoms with Crippen molar-refractivity contribution < 1.29 is 28.2 Å². The summed E-state index contributed by atoms with van der Waals surface area (Å²) in [5.74, 6) is 0.557. The molecule has 34 heavy (non-hydrogen) atoms. The minimum Gasteiger partial charge on any atom is -0.493 e. The topological polar surface area (TPSA) is 116 Å². The van der Waals surface area contributed by atoms with Crippen molar-refractivity contribution in [2.75, 3.05) is 44.3 Å². The lowest BCUT2D eigenvalue weighted by atomic mass is 10.1. The molecule has 1 atom stereocenters. The molecule has 0 saturated carbocycles. The lowest BCUT2D eigenvalue weighted by Crippen LogP contribution is -2.24. The van der Waals surface area contributed by atoms with E-state index in [1.807, 2.05) is 30.5 Å². The number of amides is 2. The van der Waals surface area contributed by atoms with Gasteiger partial charge in [-0.15, -0.1) is 16.9 Å². The highest BCUT2D eigenvalue weighted by molar-refractivity contribution is 7.98. The first-order valence-corrected chi connectivity index (χ1v) is 11.6. The molecular weight excluding hydrogens is 460 g/mol. The Kier molecular flexibility index (Phi) is 6.92. The Morgan fingerprint density at radius 2 is 1.76 bits per heavy atom. The van der Waals surface area contributed by atoms with Gasteiger partial charge in [-0.25, -0.2) is 0 Å². The number of hydrogen-bond donors (Lipinski definition) is 1. The van der Waals surface area contributed by atoms with Gasteiger partial charge < -0.3 is 23.5 Å². The number of aromatic nitrogens is 2. The van der Waals surface area contributed by atoms with Crippen LogP contribution in [0.4, 0.5) is 11.7 Å². The number of carbonyl (C=O) groups excluding carboxylic acids is 2. The molecule has 1 aromatic heterocycles. The Hall–Kier alpha value is -3.73. The predicted octanol–water partition coefficient (Wildman–Crippen LogP) is 3.59. The molecule has 1 saturated heterocycles. The van der Waals surface area contributed by atoms with Crippen molar-refractivity contribution in [1.29, 1.82) is 0 Å². The normalized spacial score (nSPS) is 15.4. The van der Waals surface area contributed by atoms with Gasteiger partial charge in [0.05, 0.1) is 27.2 Å². The zero-order valence-corrected chi connectivity index (χ0v) is 20.0. The van der Waals surface area contributed by atoms with E-state index >= 15 is 0 Å². The number of benzene rings is 2. The summed E-state index contributed by atoms with van der Waals surface area (Å²) in [6, 6.07) is 10.8. The van der Waals surface area contributed by atoms with Crippen molar-refractivity contribution in [3.05, 3.63) is 47.9 Å². The van der Waals surface area contributed by atoms with Gasteiger partial charge in [0.1, 0.15) is 0 Å². The van der Waals surface area contributed by atoms with E-state index in [0.29, 0.717) is 23.8 Å². The molecule has 1 N–H and O–H groups in total. The fourth-order valence-electron chi connectivity index (χ4n) is 3.72. The monoisotopic (exact) mass is 484 g/mol. The van der Waals surface area contributed by atoms with Gasteiger partial charge in [-0.1, -0.05) is 5.10 Å². The average molecular weight is 485 g/mol. The van der Waals surface area contributed by atoms with Crippen LogP contribution < -0.4 is 24.4 Å². The van der Waals surface area contributed by atoms with Crippen molar-refractivity contribution in [3.8, 4) is 17.2 Å². The van der Waals surface area contributed by atoms with E-state index in [2.05, 4.69) is 15.5 Å². The summed E-state index contributed by atoms with van der Waals surface area (Å²) in [5, 5.41) is 10.5.